The fourth-order valence-corrected chi connectivity index (χ4v) is 2.40. The number of nitrogens with zero attached hydrogens (tertiary/aromatic N) is 2. The Bertz CT molecular complexity index is 534. The SMILES string of the molecule is COc1ccc(CCc2c(Br)ncn2C)cc1F. The molecule has 0 fully saturated rings. The van der Waals surface area contributed by atoms with Gasteiger partial charge in [0.15, 0.2) is 11.6 Å². The fourth-order valence-electron chi connectivity index (χ4n) is 1.83. The third-order valence-electron chi connectivity index (χ3n) is 2.87. The highest BCUT2D eigenvalue weighted by Crippen LogP contribution is 2.20. The van der Waals surface area contributed by atoms with Crippen LogP contribution < -0.4 is 4.74 Å². The molecule has 0 aliphatic carbocycles. The number of hydrogen-bond donors (Lipinski definition) is 0. The Labute approximate surface area is 114 Å². The number of aryl methyl sites for hydroxylation is 2. The molecule has 0 unspecified atom stereocenters. The zero-order valence-electron chi connectivity index (χ0n) is 10.3. The van der Waals surface area contributed by atoms with E-state index in [-0.39, 0.29) is 11.6 Å². The molecule has 0 saturated carbocycles. The van der Waals surface area contributed by atoms with Crippen molar-refractivity contribution in [3.63, 3.8) is 0 Å². The fraction of sp³-hybridized carbons (Fsp3) is 0.308. The molecule has 2 rings (SSSR count). The van der Waals surface area contributed by atoms with Crippen LogP contribution in [0.25, 0.3) is 0 Å². The first-order valence-corrected chi connectivity index (χ1v) is 6.39. The van der Waals surface area contributed by atoms with E-state index in [2.05, 4.69) is 20.9 Å². The monoisotopic (exact) mass is 312 g/mol. The number of imidazole rings is 1. The van der Waals surface area contributed by atoms with Crippen molar-refractivity contribution in [1.82, 2.24) is 9.55 Å². The lowest BCUT2D eigenvalue weighted by molar-refractivity contribution is 0.386. The Morgan fingerprint density at radius 2 is 2.17 bits per heavy atom. The van der Waals surface area contributed by atoms with Gasteiger partial charge in [-0.15, -0.1) is 0 Å². The molecular formula is C13H14BrFN2O. The Morgan fingerprint density at radius 1 is 1.39 bits per heavy atom. The van der Waals surface area contributed by atoms with Crippen LogP contribution in [0.2, 0.25) is 0 Å². The van der Waals surface area contributed by atoms with Crippen molar-refractivity contribution in [2.45, 2.75) is 12.8 Å². The van der Waals surface area contributed by atoms with Crippen LogP contribution in [-0.4, -0.2) is 16.7 Å². The lowest BCUT2D eigenvalue weighted by atomic mass is 10.1. The molecule has 0 N–H and O–H groups in total. The second-order valence-corrected chi connectivity index (χ2v) is 4.81. The van der Waals surface area contributed by atoms with Gasteiger partial charge in [0.25, 0.3) is 0 Å². The number of hydrogen-bond acceptors (Lipinski definition) is 2. The third-order valence-corrected chi connectivity index (χ3v) is 3.54. The summed E-state index contributed by atoms with van der Waals surface area (Å²) in [6.45, 7) is 0. The van der Waals surface area contributed by atoms with Crippen molar-refractivity contribution in [1.29, 1.82) is 0 Å². The van der Waals surface area contributed by atoms with E-state index in [1.54, 1.807) is 12.4 Å². The maximum atomic E-state index is 13.5. The number of benzene rings is 1. The topological polar surface area (TPSA) is 27.1 Å². The maximum absolute atomic E-state index is 13.5. The van der Waals surface area contributed by atoms with Gasteiger partial charge in [0.05, 0.1) is 19.1 Å². The summed E-state index contributed by atoms with van der Waals surface area (Å²) in [5.41, 5.74) is 2.05. The predicted molar refractivity (Wildman–Crippen MR) is 71.3 cm³/mol. The van der Waals surface area contributed by atoms with Gasteiger partial charge in [-0.05, 0) is 46.5 Å². The molecule has 0 spiro atoms. The number of aromatic nitrogens is 2. The summed E-state index contributed by atoms with van der Waals surface area (Å²) in [5, 5.41) is 0. The Morgan fingerprint density at radius 3 is 2.72 bits per heavy atom. The summed E-state index contributed by atoms with van der Waals surface area (Å²) in [6, 6.07) is 5.05. The molecule has 0 aliphatic heterocycles. The van der Waals surface area contributed by atoms with Gasteiger partial charge in [0.1, 0.15) is 4.60 Å². The minimum atomic E-state index is -0.320. The van der Waals surface area contributed by atoms with Gasteiger partial charge in [-0.25, -0.2) is 9.37 Å². The zero-order valence-corrected chi connectivity index (χ0v) is 11.9. The van der Waals surface area contributed by atoms with Crippen LogP contribution in [0, 0.1) is 5.82 Å². The first kappa shape index (κ1) is 13.1. The average molecular weight is 313 g/mol. The van der Waals surface area contributed by atoms with Crippen molar-refractivity contribution >= 4 is 15.9 Å². The Balaban J connectivity index is 2.09. The van der Waals surface area contributed by atoms with E-state index < -0.39 is 0 Å². The van der Waals surface area contributed by atoms with Crippen LogP contribution in [-0.2, 0) is 19.9 Å². The van der Waals surface area contributed by atoms with Crippen molar-refractivity contribution in [2.24, 2.45) is 7.05 Å². The average Bonchev–Trinajstić information content (AvgIpc) is 2.67. The van der Waals surface area contributed by atoms with Crippen LogP contribution in [0.5, 0.6) is 5.75 Å². The third kappa shape index (κ3) is 2.72. The highest BCUT2D eigenvalue weighted by atomic mass is 79.9. The van der Waals surface area contributed by atoms with Gasteiger partial charge in [0, 0.05) is 7.05 Å². The second kappa shape index (κ2) is 5.52. The van der Waals surface area contributed by atoms with E-state index >= 15 is 0 Å². The van der Waals surface area contributed by atoms with Crippen LogP contribution >= 0.6 is 15.9 Å². The molecule has 1 aromatic carbocycles. The summed E-state index contributed by atoms with van der Waals surface area (Å²) in [7, 11) is 3.41. The molecule has 96 valence electrons. The Kier molecular flexibility index (Phi) is 4.01. The van der Waals surface area contributed by atoms with Gasteiger partial charge in [-0.2, -0.15) is 0 Å². The van der Waals surface area contributed by atoms with Crippen molar-refractivity contribution < 1.29 is 9.13 Å². The summed E-state index contributed by atoms with van der Waals surface area (Å²) >= 11 is 3.40. The minimum absolute atomic E-state index is 0.278. The van der Waals surface area contributed by atoms with Crippen LogP contribution in [0.4, 0.5) is 4.39 Å². The molecule has 0 amide bonds. The van der Waals surface area contributed by atoms with Crippen LogP contribution in [0.15, 0.2) is 29.1 Å². The first-order valence-electron chi connectivity index (χ1n) is 5.60. The van der Waals surface area contributed by atoms with E-state index in [9.17, 15) is 4.39 Å². The van der Waals surface area contributed by atoms with Gasteiger partial charge in [0.2, 0.25) is 0 Å². The number of methoxy groups -OCH3 is 1. The van der Waals surface area contributed by atoms with E-state index in [4.69, 9.17) is 4.74 Å². The first-order chi connectivity index (χ1) is 8.61. The summed E-state index contributed by atoms with van der Waals surface area (Å²) < 4.78 is 21.2. The normalized spacial score (nSPS) is 10.7. The summed E-state index contributed by atoms with van der Waals surface area (Å²) in [4.78, 5) is 4.16. The number of halogens is 2. The largest absolute Gasteiger partial charge is 0.494 e. The smallest absolute Gasteiger partial charge is 0.165 e. The molecular weight excluding hydrogens is 299 g/mol. The highest BCUT2D eigenvalue weighted by molar-refractivity contribution is 9.10. The van der Waals surface area contributed by atoms with E-state index in [0.29, 0.717) is 0 Å². The van der Waals surface area contributed by atoms with Gasteiger partial charge in [-0.1, -0.05) is 6.07 Å². The van der Waals surface area contributed by atoms with E-state index in [1.807, 2.05) is 17.7 Å². The van der Waals surface area contributed by atoms with Crippen molar-refractivity contribution in [3.8, 4) is 5.75 Å². The molecule has 1 aromatic heterocycles. The highest BCUT2D eigenvalue weighted by Gasteiger charge is 2.08. The van der Waals surface area contributed by atoms with Crippen molar-refractivity contribution in [2.75, 3.05) is 7.11 Å². The van der Waals surface area contributed by atoms with Gasteiger partial charge >= 0.3 is 0 Å². The van der Waals surface area contributed by atoms with E-state index in [0.717, 1.165) is 28.7 Å². The number of rotatable bonds is 4. The number of ether oxygens (including phenoxy) is 1. The molecule has 5 heteroatoms. The quantitative estimate of drug-likeness (QED) is 0.867. The lowest BCUT2D eigenvalue weighted by Crippen LogP contribution is -1.99. The lowest BCUT2D eigenvalue weighted by Gasteiger charge is -2.06. The Hall–Kier alpha value is -1.36. The molecule has 3 nitrogen and oxygen atoms in total. The molecule has 2 aromatic rings. The van der Waals surface area contributed by atoms with Gasteiger partial charge < -0.3 is 9.30 Å². The molecule has 0 bridgehead atoms. The molecule has 0 atom stereocenters. The summed E-state index contributed by atoms with van der Waals surface area (Å²) in [6.07, 6.45) is 3.33. The van der Waals surface area contributed by atoms with Crippen molar-refractivity contribution in [3.05, 3.63) is 46.2 Å². The molecule has 1 heterocycles. The zero-order chi connectivity index (χ0) is 13.1. The minimum Gasteiger partial charge on any atom is -0.494 e. The van der Waals surface area contributed by atoms with Crippen LogP contribution in [0.1, 0.15) is 11.3 Å². The molecule has 0 saturated heterocycles. The summed E-state index contributed by atoms with van der Waals surface area (Å²) in [5.74, 6) is -0.0421. The van der Waals surface area contributed by atoms with Crippen LogP contribution in [0.3, 0.4) is 0 Å². The second-order valence-electron chi connectivity index (χ2n) is 4.06. The standard InChI is InChI=1S/C13H14BrFN2O/c1-17-8-16-13(14)11(17)5-3-9-4-6-12(18-2)10(15)7-9/h4,6-8H,3,5H2,1-2H3. The van der Waals surface area contributed by atoms with E-state index in [1.165, 1.54) is 13.2 Å². The predicted octanol–water partition coefficient (Wildman–Crippen LogP) is 3.12. The molecule has 0 radical (unpaired) electrons. The maximum Gasteiger partial charge on any atom is 0.165 e. The van der Waals surface area contributed by atoms with Gasteiger partial charge in [-0.3, -0.25) is 0 Å². The molecule has 18 heavy (non-hydrogen) atoms. The molecule has 0 aliphatic rings.